The zero-order valence-corrected chi connectivity index (χ0v) is 17.9. The highest BCUT2D eigenvalue weighted by Gasteiger charge is 2.21. The van der Waals surface area contributed by atoms with E-state index in [1.54, 1.807) is 44.9 Å². The number of benzene rings is 1. The minimum atomic E-state index is 0.145. The number of nitrogens with one attached hydrogen (secondary N) is 2. The topological polar surface area (TPSA) is 113 Å². The largest absolute Gasteiger partial charge is 0.493 e. The van der Waals surface area contributed by atoms with Crippen LogP contribution in [0.4, 0.5) is 23.1 Å². The Kier molecular flexibility index (Phi) is 5.46. The van der Waals surface area contributed by atoms with E-state index in [0.29, 0.717) is 46.1 Å². The van der Waals surface area contributed by atoms with Gasteiger partial charge in [0.05, 0.1) is 31.8 Å². The maximum atomic E-state index is 5.49. The van der Waals surface area contributed by atoms with Crippen LogP contribution in [0.15, 0.2) is 61.1 Å². The van der Waals surface area contributed by atoms with Crippen molar-refractivity contribution in [2.45, 2.75) is 0 Å². The monoisotopic (exact) mass is 444 g/mol. The lowest BCUT2D eigenvalue weighted by Gasteiger charge is -2.14. The zero-order valence-electron chi connectivity index (χ0n) is 17.9. The first kappa shape index (κ1) is 20.3. The predicted molar refractivity (Wildman–Crippen MR) is 122 cm³/mol. The number of hydrogen-bond donors (Lipinski definition) is 2. The molecule has 0 spiro atoms. The smallest absolute Gasteiger partial charge is 0.231 e. The fourth-order valence-corrected chi connectivity index (χ4v) is 3.34. The van der Waals surface area contributed by atoms with Crippen LogP contribution < -0.4 is 29.6 Å². The number of methoxy groups -OCH3 is 2. The first-order chi connectivity index (χ1) is 16.2. The van der Waals surface area contributed by atoms with Gasteiger partial charge in [-0.2, -0.15) is 4.98 Å². The summed E-state index contributed by atoms with van der Waals surface area (Å²) in [6.07, 6.45) is 5.02. The summed E-state index contributed by atoms with van der Waals surface area (Å²) in [5, 5.41) is 6.46. The summed E-state index contributed by atoms with van der Waals surface area (Å²) in [7, 11) is 3.13. The Morgan fingerprint density at radius 1 is 0.879 bits per heavy atom. The first-order valence-corrected chi connectivity index (χ1v) is 10.0. The number of nitrogens with zero attached hydrogens (tertiary/aromatic N) is 4. The van der Waals surface area contributed by atoms with Crippen molar-refractivity contribution in [1.29, 1.82) is 0 Å². The number of fused-ring (bicyclic) bond motifs is 1. The van der Waals surface area contributed by atoms with Gasteiger partial charge in [0.15, 0.2) is 23.1 Å². The maximum Gasteiger partial charge on any atom is 0.231 e. The molecule has 0 saturated heterocycles. The molecule has 1 aliphatic heterocycles. The van der Waals surface area contributed by atoms with E-state index in [9.17, 15) is 0 Å². The molecular weight excluding hydrogens is 424 g/mol. The number of hydrogen-bond acceptors (Lipinski definition) is 10. The molecule has 3 aromatic heterocycles. The Hall–Kier alpha value is -4.60. The Bertz CT molecular complexity index is 1290. The molecule has 0 atom stereocenters. The SMILES string of the molecule is COc1cnc(Nc2cc(OC)c3c(c2)OCO3)nc1Nc1cccnc1-c1ccccn1. The van der Waals surface area contributed by atoms with Gasteiger partial charge in [-0.05, 0) is 24.3 Å². The van der Waals surface area contributed by atoms with Gasteiger partial charge in [-0.25, -0.2) is 4.98 Å². The highest BCUT2D eigenvalue weighted by molar-refractivity contribution is 5.77. The van der Waals surface area contributed by atoms with Crippen LogP contribution >= 0.6 is 0 Å². The molecule has 0 radical (unpaired) electrons. The Balaban J connectivity index is 1.46. The van der Waals surface area contributed by atoms with Crippen LogP contribution in [0.3, 0.4) is 0 Å². The summed E-state index contributed by atoms with van der Waals surface area (Å²) in [6, 6.07) is 13.0. The fraction of sp³-hybridized carbons (Fsp3) is 0.130. The van der Waals surface area contributed by atoms with Gasteiger partial charge in [0, 0.05) is 30.2 Å². The van der Waals surface area contributed by atoms with Gasteiger partial charge in [0.1, 0.15) is 5.69 Å². The molecular formula is C23H20N6O4. The molecule has 1 aliphatic rings. The maximum absolute atomic E-state index is 5.49. The number of anilines is 4. The molecule has 0 amide bonds. The van der Waals surface area contributed by atoms with E-state index < -0.39 is 0 Å². The van der Waals surface area contributed by atoms with E-state index in [0.717, 1.165) is 11.4 Å². The van der Waals surface area contributed by atoms with Crippen LogP contribution in [0, 0.1) is 0 Å². The van der Waals surface area contributed by atoms with Gasteiger partial charge in [-0.15, -0.1) is 0 Å². The van der Waals surface area contributed by atoms with Crippen LogP contribution in [0.1, 0.15) is 0 Å². The van der Waals surface area contributed by atoms with E-state index in [-0.39, 0.29) is 6.79 Å². The Labute approximate surface area is 189 Å². The molecule has 0 unspecified atom stereocenters. The van der Waals surface area contributed by atoms with Crippen molar-refractivity contribution in [2.75, 3.05) is 31.6 Å². The molecule has 0 aliphatic carbocycles. The lowest BCUT2D eigenvalue weighted by Crippen LogP contribution is -2.04. The molecule has 4 aromatic rings. The number of pyridine rings is 2. The minimum absolute atomic E-state index is 0.145. The fourth-order valence-electron chi connectivity index (χ4n) is 3.34. The van der Waals surface area contributed by atoms with Crippen molar-refractivity contribution in [3.05, 3.63) is 61.1 Å². The number of rotatable bonds is 7. The Morgan fingerprint density at radius 2 is 1.76 bits per heavy atom. The molecule has 0 saturated carbocycles. The van der Waals surface area contributed by atoms with E-state index in [1.807, 2.05) is 30.3 Å². The first-order valence-electron chi connectivity index (χ1n) is 10.0. The molecule has 2 N–H and O–H groups in total. The molecule has 1 aromatic carbocycles. The van der Waals surface area contributed by atoms with Gasteiger partial charge in [0.25, 0.3) is 0 Å². The lowest BCUT2D eigenvalue weighted by molar-refractivity contribution is 0.171. The summed E-state index contributed by atoms with van der Waals surface area (Å²) in [4.78, 5) is 17.8. The normalized spacial score (nSPS) is 11.7. The molecule has 4 heterocycles. The molecule has 5 rings (SSSR count). The van der Waals surface area contributed by atoms with E-state index in [1.165, 1.54) is 0 Å². The second-order valence-corrected chi connectivity index (χ2v) is 6.89. The third-order valence-electron chi connectivity index (χ3n) is 4.86. The van der Waals surface area contributed by atoms with Crippen LogP contribution in [-0.4, -0.2) is 40.9 Å². The van der Waals surface area contributed by atoms with E-state index in [2.05, 4.69) is 30.6 Å². The van der Waals surface area contributed by atoms with Crippen molar-refractivity contribution >= 4 is 23.1 Å². The standard InChI is InChI=1S/C23H20N6O4/c1-30-17-10-14(11-18-21(17)33-13-32-18)27-23-26-12-19(31-2)22(29-23)28-16-7-5-9-25-20(16)15-6-3-4-8-24-15/h3-12H,13H2,1-2H3,(H2,26,27,28,29). The average molecular weight is 444 g/mol. The van der Waals surface area contributed by atoms with Crippen molar-refractivity contribution in [3.63, 3.8) is 0 Å². The van der Waals surface area contributed by atoms with Crippen molar-refractivity contribution < 1.29 is 18.9 Å². The zero-order chi connectivity index (χ0) is 22.6. The van der Waals surface area contributed by atoms with Crippen LogP contribution in [-0.2, 0) is 0 Å². The number of ether oxygens (including phenoxy) is 4. The van der Waals surface area contributed by atoms with Crippen molar-refractivity contribution in [1.82, 2.24) is 19.9 Å². The molecule has 0 bridgehead atoms. The minimum Gasteiger partial charge on any atom is -0.493 e. The molecule has 10 heteroatoms. The number of aromatic nitrogens is 4. The molecule has 0 fully saturated rings. The highest BCUT2D eigenvalue weighted by atomic mass is 16.7. The molecule has 10 nitrogen and oxygen atoms in total. The second kappa shape index (κ2) is 8.87. The molecule has 33 heavy (non-hydrogen) atoms. The third kappa shape index (κ3) is 4.13. The van der Waals surface area contributed by atoms with E-state index >= 15 is 0 Å². The van der Waals surface area contributed by atoms with Gasteiger partial charge < -0.3 is 29.6 Å². The summed E-state index contributed by atoms with van der Waals surface area (Å²) in [5.41, 5.74) is 2.83. The van der Waals surface area contributed by atoms with Gasteiger partial charge in [0.2, 0.25) is 18.5 Å². The second-order valence-electron chi connectivity index (χ2n) is 6.89. The van der Waals surface area contributed by atoms with Crippen LogP contribution in [0.2, 0.25) is 0 Å². The van der Waals surface area contributed by atoms with Crippen LogP contribution in [0.25, 0.3) is 11.4 Å². The van der Waals surface area contributed by atoms with Gasteiger partial charge in [-0.3, -0.25) is 9.97 Å². The Morgan fingerprint density at radius 3 is 2.58 bits per heavy atom. The lowest BCUT2D eigenvalue weighted by atomic mass is 10.2. The molecule has 166 valence electrons. The van der Waals surface area contributed by atoms with Gasteiger partial charge in [-0.1, -0.05) is 6.07 Å². The summed E-state index contributed by atoms with van der Waals surface area (Å²) in [5.74, 6) is 2.99. The quantitative estimate of drug-likeness (QED) is 0.431. The summed E-state index contributed by atoms with van der Waals surface area (Å²) < 4.78 is 21.8. The van der Waals surface area contributed by atoms with E-state index in [4.69, 9.17) is 18.9 Å². The highest BCUT2D eigenvalue weighted by Crippen LogP contribution is 2.43. The van der Waals surface area contributed by atoms with Gasteiger partial charge >= 0.3 is 0 Å². The summed E-state index contributed by atoms with van der Waals surface area (Å²) in [6.45, 7) is 0.145. The third-order valence-corrected chi connectivity index (χ3v) is 4.86. The summed E-state index contributed by atoms with van der Waals surface area (Å²) >= 11 is 0. The van der Waals surface area contributed by atoms with Crippen molar-refractivity contribution in [3.8, 4) is 34.4 Å². The van der Waals surface area contributed by atoms with Crippen LogP contribution in [0.5, 0.6) is 23.0 Å². The predicted octanol–water partition coefficient (Wildman–Crippen LogP) is 4.17. The average Bonchev–Trinajstić information content (AvgIpc) is 3.33. The van der Waals surface area contributed by atoms with Crippen molar-refractivity contribution in [2.24, 2.45) is 0 Å².